The summed E-state index contributed by atoms with van der Waals surface area (Å²) in [5.74, 6) is -2.78. The van der Waals surface area contributed by atoms with E-state index in [-0.39, 0.29) is 54.2 Å². The third kappa shape index (κ3) is 9.76. The molecular formula is C32H53N5O7S. The fourth-order valence-electron chi connectivity index (χ4n) is 6.95. The third-order valence-electron chi connectivity index (χ3n) is 9.42. The average Bonchev–Trinajstić information content (AvgIpc) is 3.26. The highest BCUT2D eigenvalue weighted by Gasteiger charge is 2.69. The first kappa shape index (κ1) is 36.5. The molecule has 3 fully saturated rings. The summed E-state index contributed by atoms with van der Waals surface area (Å²) < 4.78 is 22.8. The quantitative estimate of drug-likeness (QED) is 0.127. The van der Waals surface area contributed by atoms with Gasteiger partial charge in [-0.1, -0.05) is 39.2 Å². The molecule has 12 nitrogen and oxygen atoms in total. The largest absolute Gasteiger partial charge is 0.349 e. The summed E-state index contributed by atoms with van der Waals surface area (Å²) in [6.45, 7) is 13.8. The number of allylic oxidation sites excluding steroid dienone is 1. The van der Waals surface area contributed by atoms with E-state index in [2.05, 4.69) is 41.7 Å². The van der Waals surface area contributed by atoms with Crippen LogP contribution in [0, 0.1) is 23.2 Å². The first-order chi connectivity index (χ1) is 20.9. The Hall–Kier alpha value is -2.96. The highest BCUT2D eigenvalue weighted by atomic mass is 32.2. The maximum absolute atomic E-state index is 14.3. The second-order valence-electron chi connectivity index (χ2n) is 14.6. The van der Waals surface area contributed by atoms with E-state index < -0.39 is 57.1 Å². The summed E-state index contributed by atoms with van der Waals surface area (Å²) in [7, 11) is -3.21. The number of carbonyl (C=O) groups is 5. The monoisotopic (exact) mass is 651 g/mol. The number of likely N-dealkylation sites (tertiary alicyclic amines) is 1. The molecule has 1 unspecified atom stereocenters. The number of amides is 5. The minimum absolute atomic E-state index is 0.000955. The fourth-order valence-corrected chi connectivity index (χ4v) is 7.62. The molecule has 2 aliphatic carbocycles. The molecule has 4 N–H and O–H groups in total. The zero-order chi connectivity index (χ0) is 33.7. The van der Waals surface area contributed by atoms with Gasteiger partial charge in [0.25, 0.3) is 5.91 Å². The molecule has 5 atom stereocenters. The number of rotatable bonds is 14. The number of piperidine rings is 1. The van der Waals surface area contributed by atoms with Crippen molar-refractivity contribution >= 4 is 39.4 Å². The van der Waals surface area contributed by atoms with Gasteiger partial charge in [-0.05, 0) is 76.0 Å². The van der Waals surface area contributed by atoms with E-state index in [1.165, 1.54) is 0 Å². The van der Waals surface area contributed by atoms with E-state index >= 15 is 0 Å². The fraction of sp³-hybridized carbons (Fsp3) is 0.781. The zero-order valence-electron chi connectivity index (χ0n) is 27.7. The summed E-state index contributed by atoms with van der Waals surface area (Å²) in [6.07, 6.45) is 7.93. The van der Waals surface area contributed by atoms with Crippen molar-refractivity contribution in [3.8, 4) is 0 Å². The van der Waals surface area contributed by atoms with Crippen LogP contribution in [-0.4, -0.2) is 91.6 Å². The lowest BCUT2D eigenvalue weighted by Gasteiger charge is -2.37. The number of fused-ring (bicyclic) bond motifs is 1. The number of nitrogens with zero attached hydrogens (tertiary/aromatic N) is 1. The SMILES string of the molecule is C=CCC[C@@H](NC(=O)[C@@H]1C2[C@H](CN1C(=O)[C@@H](NC(=O)NC(C)(C)C)C1CCCCC1)C2(C)C)C(=O)C(=O)NCCCS(C)(=O)=O. The molecular weight excluding hydrogens is 598 g/mol. The molecule has 0 aromatic rings. The van der Waals surface area contributed by atoms with Crippen molar-refractivity contribution in [1.82, 2.24) is 26.2 Å². The Labute approximate surface area is 268 Å². The first-order valence-corrected chi connectivity index (χ1v) is 18.2. The smallest absolute Gasteiger partial charge is 0.315 e. The lowest BCUT2D eigenvalue weighted by atomic mass is 9.83. The van der Waals surface area contributed by atoms with Gasteiger partial charge >= 0.3 is 6.03 Å². The molecule has 2 saturated carbocycles. The van der Waals surface area contributed by atoms with Crippen LogP contribution in [0.1, 0.15) is 86.0 Å². The van der Waals surface area contributed by atoms with Gasteiger partial charge in [0, 0.05) is 24.9 Å². The van der Waals surface area contributed by atoms with Gasteiger partial charge in [-0.3, -0.25) is 19.2 Å². The van der Waals surface area contributed by atoms with Crippen molar-refractivity contribution < 1.29 is 32.4 Å². The van der Waals surface area contributed by atoms with Crippen molar-refractivity contribution in [1.29, 1.82) is 0 Å². The van der Waals surface area contributed by atoms with Crippen molar-refractivity contribution in [3.63, 3.8) is 0 Å². The van der Waals surface area contributed by atoms with Crippen LogP contribution in [0.25, 0.3) is 0 Å². The Kier molecular flexibility index (Phi) is 11.9. The standard InChI is InChI=1S/C32H53N5O7S/c1-8-9-16-22(26(38)28(40)33-17-13-18-45(7,43)44)34-27(39)25-23-21(32(23,5)6)19-37(25)29(41)24(20-14-11-10-12-15-20)35-30(42)36-31(2,3)4/h8,20-25H,1,9-19H2,2-7H3,(H,33,40)(H,34,39)(H2,35,36,42)/t21-,22+,23?,24-,25-/m0/s1. The lowest BCUT2D eigenvalue weighted by Crippen LogP contribution is -2.61. The van der Waals surface area contributed by atoms with Crippen molar-refractivity contribution in [2.45, 2.75) is 110 Å². The number of carbonyl (C=O) groups excluding carboxylic acids is 5. The number of hydrogen-bond donors (Lipinski definition) is 4. The van der Waals surface area contributed by atoms with Crippen LogP contribution in [0.2, 0.25) is 0 Å². The van der Waals surface area contributed by atoms with Gasteiger partial charge in [-0.25, -0.2) is 13.2 Å². The molecule has 254 valence electrons. The van der Waals surface area contributed by atoms with Gasteiger partial charge in [0.05, 0.1) is 11.8 Å². The Bertz CT molecular complexity index is 1250. The number of nitrogens with one attached hydrogen (secondary N) is 4. The minimum atomic E-state index is -3.21. The van der Waals surface area contributed by atoms with Gasteiger partial charge < -0.3 is 26.2 Å². The molecule has 0 bridgehead atoms. The Morgan fingerprint density at radius 3 is 2.27 bits per heavy atom. The molecule has 1 heterocycles. The van der Waals surface area contributed by atoms with Crippen LogP contribution in [0.3, 0.4) is 0 Å². The molecule has 5 amide bonds. The molecule has 3 rings (SSSR count). The van der Waals surface area contributed by atoms with Crippen molar-refractivity contribution in [2.24, 2.45) is 23.2 Å². The van der Waals surface area contributed by atoms with Gasteiger partial charge in [0.2, 0.25) is 17.6 Å². The average molecular weight is 652 g/mol. The van der Waals surface area contributed by atoms with Crippen LogP contribution in [0.15, 0.2) is 12.7 Å². The Morgan fingerprint density at radius 1 is 1.04 bits per heavy atom. The number of ketones is 1. The first-order valence-electron chi connectivity index (χ1n) is 16.2. The molecule has 1 saturated heterocycles. The number of hydrogen-bond acceptors (Lipinski definition) is 7. The van der Waals surface area contributed by atoms with Crippen LogP contribution in [-0.2, 0) is 29.0 Å². The number of sulfone groups is 1. The second-order valence-corrected chi connectivity index (χ2v) is 16.9. The maximum Gasteiger partial charge on any atom is 0.315 e. The van der Waals surface area contributed by atoms with Gasteiger partial charge in [-0.2, -0.15) is 0 Å². The summed E-state index contributed by atoms with van der Waals surface area (Å²) in [4.78, 5) is 68.6. The van der Waals surface area contributed by atoms with E-state index in [0.717, 1.165) is 38.4 Å². The molecule has 1 aliphatic heterocycles. The molecule has 13 heteroatoms. The Balaban J connectivity index is 1.79. The number of urea groups is 1. The second kappa shape index (κ2) is 14.6. The highest BCUT2D eigenvalue weighted by Crippen LogP contribution is 2.65. The summed E-state index contributed by atoms with van der Waals surface area (Å²) in [6, 6.07) is -3.23. The molecule has 0 spiro atoms. The third-order valence-corrected chi connectivity index (χ3v) is 10.4. The number of Topliss-reactive ketones (excluding diaryl/α,β-unsaturated/α-hetero) is 1. The molecule has 0 radical (unpaired) electrons. The predicted molar refractivity (Wildman–Crippen MR) is 172 cm³/mol. The minimum Gasteiger partial charge on any atom is -0.349 e. The van der Waals surface area contributed by atoms with E-state index in [1.807, 2.05) is 20.8 Å². The van der Waals surface area contributed by atoms with E-state index in [0.29, 0.717) is 13.0 Å². The predicted octanol–water partition coefficient (Wildman–Crippen LogP) is 2.09. The summed E-state index contributed by atoms with van der Waals surface area (Å²) in [5.41, 5.74) is -0.688. The van der Waals surface area contributed by atoms with E-state index in [1.54, 1.807) is 11.0 Å². The van der Waals surface area contributed by atoms with E-state index in [9.17, 15) is 32.4 Å². The molecule has 0 aromatic carbocycles. The normalized spacial score (nSPS) is 24.0. The zero-order valence-corrected chi connectivity index (χ0v) is 28.6. The highest BCUT2D eigenvalue weighted by molar-refractivity contribution is 7.90. The van der Waals surface area contributed by atoms with Crippen molar-refractivity contribution in [2.75, 3.05) is 25.1 Å². The van der Waals surface area contributed by atoms with Crippen LogP contribution < -0.4 is 21.3 Å². The van der Waals surface area contributed by atoms with Crippen LogP contribution in [0.5, 0.6) is 0 Å². The summed E-state index contributed by atoms with van der Waals surface area (Å²) in [5, 5.41) is 11.0. The Morgan fingerprint density at radius 2 is 1.69 bits per heavy atom. The molecule has 3 aliphatic rings. The van der Waals surface area contributed by atoms with Crippen LogP contribution in [0.4, 0.5) is 4.79 Å². The topological polar surface area (TPSA) is 171 Å². The lowest BCUT2D eigenvalue weighted by molar-refractivity contribution is -0.144. The van der Waals surface area contributed by atoms with Gasteiger partial charge in [0.1, 0.15) is 21.9 Å². The van der Waals surface area contributed by atoms with Gasteiger partial charge in [0.15, 0.2) is 0 Å². The summed E-state index contributed by atoms with van der Waals surface area (Å²) >= 11 is 0. The van der Waals surface area contributed by atoms with Crippen molar-refractivity contribution in [3.05, 3.63) is 12.7 Å². The van der Waals surface area contributed by atoms with Gasteiger partial charge in [-0.15, -0.1) is 6.58 Å². The maximum atomic E-state index is 14.3. The molecule has 0 aromatic heterocycles. The van der Waals surface area contributed by atoms with E-state index in [4.69, 9.17) is 0 Å². The molecule has 45 heavy (non-hydrogen) atoms. The van der Waals surface area contributed by atoms with Crippen LogP contribution >= 0.6 is 0 Å².